The second-order valence-corrected chi connectivity index (χ2v) is 10.7. The molecule has 0 saturated heterocycles. The topological polar surface area (TPSA) is 95.6 Å². The highest BCUT2D eigenvalue weighted by atomic mass is 35.5. The number of hydrogen-bond acceptors (Lipinski definition) is 4. The van der Waals surface area contributed by atoms with Gasteiger partial charge in [0.15, 0.2) is 9.84 Å². The average molecular weight is 516 g/mol. The molecule has 0 heterocycles. The smallest absolute Gasteiger partial charge is 0.322 e. The minimum Gasteiger partial charge on any atom is -0.322 e. The van der Waals surface area contributed by atoms with Gasteiger partial charge in [-0.15, -0.1) is 0 Å². The standard InChI is InChI=1S/C25H23ClFN3O4S/c1-35(33,34)23-5-3-2-4-20(23)16-6-13-22(21(27)14-16)29-24(31)15-30(19-11-12-19)25(32)28-18-9-7-17(26)8-10-18/h2-10,13-14,19H,11-12,15H2,1H3,(H,28,32)(H,29,31). The number of nitrogens with one attached hydrogen (secondary N) is 2. The van der Waals surface area contributed by atoms with Crippen molar-refractivity contribution in [1.29, 1.82) is 0 Å². The van der Waals surface area contributed by atoms with Crippen LogP contribution in [-0.2, 0) is 14.6 Å². The largest absolute Gasteiger partial charge is 0.322 e. The summed E-state index contributed by atoms with van der Waals surface area (Å²) in [7, 11) is -3.51. The van der Waals surface area contributed by atoms with Gasteiger partial charge in [0, 0.05) is 28.6 Å². The third kappa shape index (κ3) is 6.17. The van der Waals surface area contributed by atoms with E-state index in [0.29, 0.717) is 21.8 Å². The summed E-state index contributed by atoms with van der Waals surface area (Å²) in [5, 5.41) is 5.78. The highest BCUT2D eigenvalue weighted by Gasteiger charge is 2.34. The summed E-state index contributed by atoms with van der Waals surface area (Å²) in [6.07, 6.45) is 2.65. The molecular formula is C25H23ClFN3O4S. The average Bonchev–Trinajstić information content (AvgIpc) is 3.65. The first-order valence-electron chi connectivity index (χ1n) is 10.8. The minimum atomic E-state index is -3.51. The number of anilines is 2. The Morgan fingerprint density at radius 3 is 2.34 bits per heavy atom. The van der Waals surface area contributed by atoms with E-state index in [1.807, 2.05) is 0 Å². The van der Waals surface area contributed by atoms with Crippen molar-refractivity contribution >= 4 is 44.8 Å². The molecule has 1 fully saturated rings. The molecule has 1 aliphatic carbocycles. The van der Waals surface area contributed by atoms with Crippen LogP contribution in [0.1, 0.15) is 12.8 Å². The molecule has 10 heteroatoms. The second kappa shape index (κ2) is 10.1. The predicted molar refractivity (Wildman–Crippen MR) is 134 cm³/mol. The van der Waals surface area contributed by atoms with Crippen LogP contribution in [0.2, 0.25) is 5.02 Å². The summed E-state index contributed by atoms with van der Waals surface area (Å²) >= 11 is 5.87. The Morgan fingerprint density at radius 2 is 1.71 bits per heavy atom. The highest BCUT2D eigenvalue weighted by molar-refractivity contribution is 7.90. The molecule has 3 aromatic rings. The Morgan fingerprint density at radius 1 is 1.03 bits per heavy atom. The molecule has 0 spiro atoms. The van der Waals surface area contributed by atoms with E-state index in [4.69, 9.17) is 11.6 Å². The Labute approximate surface area is 207 Å². The number of urea groups is 1. The van der Waals surface area contributed by atoms with Gasteiger partial charge in [0.1, 0.15) is 12.4 Å². The van der Waals surface area contributed by atoms with E-state index in [2.05, 4.69) is 10.6 Å². The van der Waals surface area contributed by atoms with Crippen molar-refractivity contribution in [2.45, 2.75) is 23.8 Å². The molecule has 35 heavy (non-hydrogen) atoms. The third-order valence-electron chi connectivity index (χ3n) is 5.50. The summed E-state index contributed by atoms with van der Waals surface area (Å²) in [5.41, 5.74) is 1.21. The van der Waals surface area contributed by atoms with Crippen molar-refractivity contribution in [1.82, 2.24) is 4.90 Å². The Balaban J connectivity index is 1.46. The fourth-order valence-electron chi connectivity index (χ4n) is 3.64. The SMILES string of the molecule is CS(=O)(=O)c1ccccc1-c1ccc(NC(=O)CN(C(=O)Nc2ccc(Cl)cc2)C2CC2)c(F)c1. The lowest BCUT2D eigenvalue weighted by atomic mass is 10.0. The molecule has 3 aromatic carbocycles. The summed E-state index contributed by atoms with van der Waals surface area (Å²) in [5.74, 6) is -1.27. The number of halogens is 2. The lowest BCUT2D eigenvalue weighted by Crippen LogP contribution is -2.42. The number of rotatable bonds is 7. The number of nitrogens with zero attached hydrogens (tertiary/aromatic N) is 1. The van der Waals surface area contributed by atoms with Gasteiger partial charge in [-0.25, -0.2) is 17.6 Å². The van der Waals surface area contributed by atoms with Crippen molar-refractivity contribution in [2.75, 3.05) is 23.4 Å². The van der Waals surface area contributed by atoms with E-state index in [9.17, 15) is 22.4 Å². The molecule has 4 rings (SSSR count). The van der Waals surface area contributed by atoms with Crippen LogP contribution in [0, 0.1) is 5.82 Å². The van der Waals surface area contributed by atoms with Crippen LogP contribution in [0.15, 0.2) is 71.6 Å². The van der Waals surface area contributed by atoms with Gasteiger partial charge in [-0.05, 0) is 60.9 Å². The Kier molecular flexibility index (Phi) is 7.09. The molecule has 0 unspecified atom stereocenters. The molecule has 1 aliphatic rings. The van der Waals surface area contributed by atoms with Gasteiger partial charge in [0.25, 0.3) is 0 Å². The Hall–Kier alpha value is -3.43. The van der Waals surface area contributed by atoms with Gasteiger partial charge >= 0.3 is 6.03 Å². The van der Waals surface area contributed by atoms with Crippen LogP contribution in [-0.4, -0.2) is 44.1 Å². The highest BCUT2D eigenvalue weighted by Crippen LogP contribution is 2.30. The zero-order valence-electron chi connectivity index (χ0n) is 18.8. The number of carbonyl (C=O) groups excluding carboxylic acids is 2. The molecule has 0 atom stereocenters. The summed E-state index contributed by atoms with van der Waals surface area (Å²) < 4.78 is 39.0. The van der Waals surface area contributed by atoms with E-state index < -0.39 is 27.6 Å². The first-order chi connectivity index (χ1) is 16.6. The third-order valence-corrected chi connectivity index (χ3v) is 6.91. The van der Waals surface area contributed by atoms with Crippen molar-refractivity contribution in [2.24, 2.45) is 0 Å². The van der Waals surface area contributed by atoms with Crippen LogP contribution >= 0.6 is 11.6 Å². The monoisotopic (exact) mass is 515 g/mol. The fourth-order valence-corrected chi connectivity index (χ4v) is 4.68. The molecule has 0 radical (unpaired) electrons. The number of benzene rings is 3. The van der Waals surface area contributed by atoms with Crippen molar-refractivity contribution in [3.05, 3.63) is 77.6 Å². The maximum absolute atomic E-state index is 14.8. The maximum Gasteiger partial charge on any atom is 0.322 e. The number of hydrogen-bond donors (Lipinski definition) is 2. The fraction of sp³-hybridized carbons (Fsp3) is 0.200. The van der Waals surface area contributed by atoms with Crippen LogP contribution in [0.3, 0.4) is 0 Å². The molecule has 3 amide bonds. The molecule has 0 aliphatic heterocycles. The lowest BCUT2D eigenvalue weighted by Gasteiger charge is -2.22. The van der Waals surface area contributed by atoms with E-state index in [1.54, 1.807) is 42.5 Å². The molecule has 182 valence electrons. The van der Waals surface area contributed by atoms with E-state index in [1.165, 1.54) is 29.2 Å². The van der Waals surface area contributed by atoms with Gasteiger partial charge < -0.3 is 15.5 Å². The Bertz CT molecular complexity index is 1380. The van der Waals surface area contributed by atoms with Gasteiger partial charge in [-0.1, -0.05) is 35.9 Å². The van der Waals surface area contributed by atoms with Gasteiger partial charge in [-0.2, -0.15) is 0 Å². The van der Waals surface area contributed by atoms with Crippen LogP contribution in [0.5, 0.6) is 0 Å². The first kappa shape index (κ1) is 24.7. The second-order valence-electron chi connectivity index (χ2n) is 8.31. The molecule has 0 bridgehead atoms. The molecule has 1 saturated carbocycles. The summed E-state index contributed by atoms with van der Waals surface area (Å²) in [4.78, 5) is 26.9. The van der Waals surface area contributed by atoms with Crippen molar-refractivity contribution in [3.8, 4) is 11.1 Å². The maximum atomic E-state index is 14.8. The van der Waals surface area contributed by atoms with E-state index >= 15 is 0 Å². The quantitative estimate of drug-likeness (QED) is 0.453. The minimum absolute atomic E-state index is 0.0623. The zero-order chi connectivity index (χ0) is 25.2. The van der Waals surface area contributed by atoms with E-state index in [0.717, 1.165) is 19.1 Å². The molecular weight excluding hydrogens is 493 g/mol. The summed E-state index contributed by atoms with van der Waals surface area (Å²) in [6.45, 7) is -0.248. The summed E-state index contributed by atoms with van der Waals surface area (Å²) in [6, 6.07) is 16.5. The van der Waals surface area contributed by atoms with Crippen LogP contribution in [0.4, 0.5) is 20.6 Å². The van der Waals surface area contributed by atoms with Gasteiger partial charge in [0.2, 0.25) is 5.91 Å². The number of sulfone groups is 1. The van der Waals surface area contributed by atoms with Gasteiger partial charge in [0.05, 0.1) is 10.6 Å². The molecule has 2 N–H and O–H groups in total. The molecule has 0 aromatic heterocycles. The normalized spacial score (nSPS) is 13.2. The number of carbonyl (C=O) groups is 2. The van der Waals surface area contributed by atoms with Crippen molar-refractivity contribution < 1.29 is 22.4 Å². The lowest BCUT2D eigenvalue weighted by molar-refractivity contribution is -0.116. The van der Waals surface area contributed by atoms with E-state index in [-0.39, 0.29) is 23.2 Å². The first-order valence-corrected chi connectivity index (χ1v) is 13.1. The zero-order valence-corrected chi connectivity index (χ0v) is 20.4. The molecule has 7 nitrogen and oxygen atoms in total. The van der Waals surface area contributed by atoms with Crippen molar-refractivity contribution in [3.63, 3.8) is 0 Å². The number of amides is 3. The van der Waals surface area contributed by atoms with Crippen LogP contribution < -0.4 is 10.6 Å². The van der Waals surface area contributed by atoms with Gasteiger partial charge in [-0.3, -0.25) is 4.79 Å². The predicted octanol–water partition coefficient (Wildman–Crippen LogP) is 5.18. The van der Waals surface area contributed by atoms with Crippen LogP contribution in [0.25, 0.3) is 11.1 Å².